The fourth-order valence-electron chi connectivity index (χ4n) is 1.92. The van der Waals surface area contributed by atoms with E-state index in [0.717, 1.165) is 12.8 Å². The number of carboxylic acid groups (broad SMARTS) is 1. The molecule has 7 nitrogen and oxygen atoms in total. The highest BCUT2D eigenvalue weighted by atomic mass is 16.6. The molecule has 1 heterocycles. The van der Waals surface area contributed by atoms with E-state index in [2.05, 4.69) is 5.32 Å². The van der Waals surface area contributed by atoms with E-state index in [1.807, 2.05) is 0 Å². The van der Waals surface area contributed by atoms with Gasteiger partial charge in [-0.15, -0.1) is 0 Å². The second-order valence-corrected chi connectivity index (χ2v) is 5.83. The number of carbonyl (C=O) groups is 3. The van der Waals surface area contributed by atoms with Crippen molar-refractivity contribution < 1.29 is 24.2 Å². The standard InChI is InChI=1S/C13H22N2O5/c1-13(2,3)20-12(19)14-9(11(17)18)8-10(16)15-6-4-5-7-15/h9H,4-8H2,1-3H3,(H,14,19)(H,17,18). The molecule has 1 fully saturated rings. The molecule has 20 heavy (non-hydrogen) atoms. The summed E-state index contributed by atoms with van der Waals surface area (Å²) in [7, 11) is 0. The minimum atomic E-state index is -1.27. The number of nitrogens with one attached hydrogen (secondary N) is 1. The molecule has 2 amide bonds. The predicted molar refractivity (Wildman–Crippen MR) is 71.2 cm³/mol. The van der Waals surface area contributed by atoms with E-state index in [9.17, 15) is 14.4 Å². The topological polar surface area (TPSA) is 95.9 Å². The first-order chi connectivity index (χ1) is 9.19. The van der Waals surface area contributed by atoms with E-state index < -0.39 is 23.7 Å². The summed E-state index contributed by atoms with van der Waals surface area (Å²) in [5.41, 5.74) is -0.716. The van der Waals surface area contributed by atoms with Crippen LogP contribution in [0.2, 0.25) is 0 Å². The van der Waals surface area contributed by atoms with E-state index in [-0.39, 0.29) is 12.3 Å². The summed E-state index contributed by atoms with van der Waals surface area (Å²) >= 11 is 0. The lowest BCUT2D eigenvalue weighted by molar-refractivity contribution is -0.143. The van der Waals surface area contributed by atoms with Crippen LogP contribution in [0.1, 0.15) is 40.0 Å². The van der Waals surface area contributed by atoms with Crippen LogP contribution >= 0.6 is 0 Å². The highest BCUT2D eigenvalue weighted by Crippen LogP contribution is 2.11. The van der Waals surface area contributed by atoms with Crippen molar-refractivity contribution in [1.82, 2.24) is 10.2 Å². The van der Waals surface area contributed by atoms with Crippen molar-refractivity contribution in [3.8, 4) is 0 Å². The summed E-state index contributed by atoms with van der Waals surface area (Å²) in [4.78, 5) is 36.2. The minimum absolute atomic E-state index is 0.255. The van der Waals surface area contributed by atoms with Crippen LogP contribution in [-0.4, -0.2) is 52.7 Å². The van der Waals surface area contributed by atoms with E-state index >= 15 is 0 Å². The SMILES string of the molecule is CC(C)(C)OC(=O)NC(CC(=O)N1CCCC1)C(=O)O. The minimum Gasteiger partial charge on any atom is -0.480 e. The Morgan fingerprint density at radius 3 is 2.25 bits per heavy atom. The Morgan fingerprint density at radius 2 is 1.80 bits per heavy atom. The quantitative estimate of drug-likeness (QED) is 0.803. The molecule has 0 aromatic carbocycles. The maximum absolute atomic E-state index is 11.9. The second-order valence-electron chi connectivity index (χ2n) is 5.83. The van der Waals surface area contributed by atoms with Gasteiger partial charge in [0.05, 0.1) is 6.42 Å². The zero-order chi connectivity index (χ0) is 15.3. The molecule has 1 aliphatic heterocycles. The molecule has 0 aromatic rings. The number of hydrogen-bond donors (Lipinski definition) is 2. The molecule has 114 valence electrons. The monoisotopic (exact) mass is 286 g/mol. The molecule has 2 N–H and O–H groups in total. The first-order valence-electron chi connectivity index (χ1n) is 6.69. The number of carbonyl (C=O) groups excluding carboxylic acids is 2. The number of amides is 2. The maximum atomic E-state index is 11.9. The van der Waals surface area contributed by atoms with E-state index in [0.29, 0.717) is 13.1 Å². The number of carboxylic acids is 1. The van der Waals surface area contributed by atoms with Crippen LogP contribution in [0.4, 0.5) is 4.79 Å². The van der Waals surface area contributed by atoms with Crippen molar-refractivity contribution in [2.24, 2.45) is 0 Å². The Kier molecular flexibility index (Phi) is 5.35. The lowest BCUT2D eigenvalue weighted by atomic mass is 10.2. The average Bonchev–Trinajstić information content (AvgIpc) is 2.78. The molecule has 0 spiro atoms. The smallest absolute Gasteiger partial charge is 0.408 e. The summed E-state index contributed by atoms with van der Waals surface area (Å²) in [6.45, 7) is 6.34. The summed E-state index contributed by atoms with van der Waals surface area (Å²) < 4.78 is 4.99. The third-order valence-corrected chi connectivity index (χ3v) is 2.83. The van der Waals surface area contributed by atoms with Crippen LogP contribution in [0.15, 0.2) is 0 Å². The van der Waals surface area contributed by atoms with Gasteiger partial charge in [-0.25, -0.2) is 9.59 Å². The van der Waals surface area contributed by atoms with Gasteiger partial charge in [-0.3, -0.25) is 4.79 Å². The summed E-state index contributed by atoms with van der Waals surface area (Å²) in [6, 6.07) is -1.27. The predicted octanol–water partition coefficient (Wildman–Crippen LogP) is 0.977. The van der Waals surface area contributed by atoms with Gasteiger partial charge in [-0.1, -0.05) is 0 Å². The Bertz CT molecular complexity index is 383. The fraction of sp³-hybridized carbons (Fsp3) is 0.769. The molecular formula is C13H22N2O5. The number of alkyl carbamates (subject to hydrolysis) is 1. The van der Waals surface area contributed by atoms with Gasteiger partial charge in [0.15, 0.2) is 0 Å². The molecule has 1 saturated heterocycles. The normalized spacial score (nSPS) is 16.6. The van der Waals surface area contributed by atoms with Gasteiger partial charge in [-0.2, -0.15) is 0 Å². The third kappa shape index (κ3) is 5.46. The van der Waals surface area contributed by atoms with Crippen LogP contribution in [0.5, 0.6) is 0 Å². The fourth-order valence-corrected chi connectivity index (χ4v) is 1.92. The molecule has 0 bridgehead atoms. The molecular weight excluding hydrogens is 264 g/mol. The van der Waals surface area contributed by atoms with E-state index in [4.69, 9.17) is 9.84 Å². The molecule has 1 atom stereocenters. The van der Waals surface area contributed by atoms with E-state index in [1.54, 1.807) is 25.7 Å². The zero-order valence-electron chi connectivity index (χ0n) is 12.1. The number of ether oxygens (including phenoxy) is 1. The van der Waals surface area contributed by atoms with Crippen molar-refractivity contribution in [3.63, 3.8) is 0 Å². The Hall–Kier alpha value is -1.79. The van der Waals surface area contributed by atoms with Crippen LogP contribution in [0.25, 0.3) is 0 Å². The number of hydrogen-bond acceptors (Lipinski definition) is 4. The first-order valence-corrected chi connectivity index (χ1v) is 6.69. The van der Waals surface area contributed by atoms with Crippen molar-refractivity contribution in [2.45, 2.75) is 51.7 Å². The Morgan fingerprint density at radius 1 is 1.25 bits per heavy atom. The van der Waals surface area contributed by atoms with Crippen molar-refractivity contribution >= 4 is 18.0 Å². The second kappa shape index (κ2) is 6.58. The average molecular weight is 286 g/mol. The molecule has 0 aliphatic carbocycles. The molecule has 7 heteroatoms. The highest BCUT2D eigenvalue weighted by Gasteiger charge is 2.28. The maximum Gasteiger partial charge on any atom is 0.408 e. The number of rotatable bonds is 4. The molecule has 0 radical (unpaired) electrons. The molecule has 0 saturated carbocycles. The van der Waals surface area contributed by atoms with E-state index in [1.165, 1.54) is 0 Å². The number of nitrogens with zero attached hydrogens (tertiary/aromatic N) is 1. The molecule has 1 rings (SSSR count). The Labute approximate surface area is 118 Å². The van der Waals surface area contributed by atoms with Crippen LogP contribution in [0.3, 0.4) is 0 Å². The van der Waals surface area contributed by atoms with Crippen LogP contribution in [0, 0.1) is 0 Å². The van der Waals surface area contributed by atoms with Gasteiger partial charge in [0, 0.05) is 13.1 Å². The van der Waals surface area contributed by atoms with Gasteiger partial charge in [0.2, 0.25) is 5.91 Å². The van der Waals surface area contributed by atoms with Crippen molar-refractivity contribution in [2.75, 3.05) is 13.1 Å². The van der Waals surface area contributed by atoms with Gasteiger partial charge in [0.1, 0.15) is 11.6 Å². The van der Waals surface area contributed by atoms with Crippen LogP contribution < -0.4 is 5.32 Å². The lowest BCUT2D eigenvalue weighted by Crippen LogP contribution is -2.46. The van der Waals surface area contributed by atoms with Crippen LogP contribution in [-0.2, 0) is 14.3 Å². The lowest BCUT2D eigenvalue weighted by Gasteiger charge is -2.23. The van der Waals surface area contributed by atoms with Crippen molar-refractivity contribution in [3.05, 3.63) is 0 Å². The van der Waals surface area contributed by atoms with Gasteiger partial charge < -0.3 is 20.1 Å². The highest BCUT2D eigenvalue weighted by molar-refractivity contribution is 5.87. The van der Waals surface area contributed by atoms with Crippen molar-refractivity contribution in [1.29, 1.82) is 0 Å². The van der Waals surface area contributed by atoms with Gasteiger partial charge in [-0.05, 0) is 33.6 Å². The Balaban J connectivity index is 2.54. The summed E-state index contributed by atoms with van der Waals surface area (Å²) in [6.07, 6.45) is 0.777. The largest absolute Gasteiger partial charge is 0.480 e. The molecule has 0 aromatic heterocycles. The molecule has 1 aliphatic rings. The van der Waals surface area contributed by atoms with Gasteiger partial charge in [0.25, 0.3) is 0 Å². The first kappa shape index (κ1) is 16.3. The zero-order valence-corrected chi connectivity index (χ0v) is 12.1. The van der Waals surface area contributed by atoms with Gasteiger partial charge >= 0.3 is 12.1 Å². The summed E-state index contributed by atoms with van der Waals surface area (Å²) in [5, 5.41) is 11.3. The number of aliphatic carboxylic acids is 1. The summed E-state index contributed by atoms with van der Waals surface area (Å²) in [5.74, 6) is -1.51. The third-order valence-electron chi connectivity index (χ3n) is 2.83. The number of likely N-dealkylation sites (tertiary alicyclic amines) is 1. The molecule has 1 unspecified atom stereocenters.